The van der Waals surface area contributed by atoms with Gasteiger partial charge in [-0.25, -0.2) is 0 Å². The van der Waals surface area contributed by atoms with E-state index in [1.807, 2.05) is 0 Å². The van der Waals surface area contributed by atoms with Gasteiger partial charge in [-0.2, -0.15) is 0 Å². The average Bonchev–Trinajstić information content (AvgIpc) is 3.02. The molecule has 0 aliphatic heterocycles. The highest BCUT2D eigenvalue weighted by Gasteiger charge is 2.34. The van der Waals surface area contributed by atoms with Gasteiger partial charge in [-0.05, 0) is 42.9 Å². The molecule has 3 aliphatic carbocycles. The van der Waals surface area contributed by atoms with Crippen molar-refractivity contribution in [2.24, 2.45) is 23.7 Å². The Morgan fingerprint density at radius 2 is 0.650 bits per heavy atom. The van der Waals surface area contributed by atoms with Crippen LogP contribution in [0.1, 0.15) is 103 Å². The molecule has 3 saturated carbocycles. The molecule has 0 aromatic rings. The first-order chi connectivity index (χ1) is 9.93. The van der Waals surface area contributed by atoms with Crippen molar-refractivity contribution < 1.29 is 0 Å². The molecule has 0 heterocycles. The fourth-order valence-electron chi connectivity index (χ4n) is 5.65. The molecular weight excluding hydrogens is 240 g/mol. The van der Waals surface area contributed by atoms with Gasteiger partial charge < -0.3 is 0 Å². The van der Waals surface area contributed by atoms with Crippen LogP contribution in [0.3, 0.4) is 0 Å². The Bertz CT molecular complexity index is 253. The molecule has 3 rings (SSSR count). The lowest BCUT2D eigenvalue weighted by atomic mass is 9.77. The molecule has 0 amide bonds. The lowest BCUT2D eigenvalue weighted by Crippen LogP contribution is -2.17. The van der Waals surface area contributed by atoms with E-state index in [1.165, 1.54) is 57.8 Å². The smallest absolute Gasteiger partial charge is 0.0383 e. The van der Waals surface area contributed by atoms with Crippen molar-refractivity contribution >= 4 is 0 Å². The van der Waals surface area contributed by atoms with Crippen molar-refractivity contribution in [1.29, 1.82) is 0 Å². The summed E-state index contributed by atoms with van der Waals surface area (Å²) in [6.07, 6.45) is 24.8. The summed E-state index contributed by atoms with van der Waals surface area (Å²) in [6.45, 7) is 0. The van der Waals surface area contributed by atoms with E-state index >= 15 is 0 Å². The third-order valence-electron chi connectivity index (χ3n) is 6.90. The molecule has 2 unspecified atom stereocenters. The monoisotopic (exact) mass is 276 g/mol. The fraction of sp³-hybridized carbons (Fsp3) is 1.00. The van der Waals surface area contributed by atoms with Crippen LogP contribution in [0.15, 0.2) is 0 Å². The van der Waals surface area contributed by atoms with Crippen LogP contribution < -0.4 is 0 Å². The summed E-state index contributed by atoms with van der Waals surface area (Å²) >= 11 is 0. The molecule has 0 bridgehead atoms. The van der Waals surface area contributed by atoms with Crippen molar-refractivity contribution in [1.82, 2.24) is 0 Å². The van der Waals surface area contributed by atoms with Crippen molar-refractivity contribution in [3.8, 4) is 0 Å². The predicted octanol–water partition coefficient (Wildman–Crippen LogP) is 6.73. The molecule has 2 atom stereocenters. The third kappa shape index (κ3) is 4.01. The second-order valence-corrected chi connectivity index (χ2v) is 8.19. The number of hydrogen-bond acceptors (Lipinski definition) is 0. The zero-order valence-corrected chi connectivity index (χ0v) is 13.6. The molecule has 0 aromatic carbocycles. The highest BCUT2D eigenvalue weighted by atomic mass is 14.4. The molecule has 0 heteroatoms. The normalized spacial score (nSPS) is 35.4. The summed E-state index contributed by atoms with van der Waals surface area (Å²) in [4.78, 5) is 0. The summed E-state index contributed by atoms with van der Waals surface area (Å²) in [5.74, 6) is 4.50. The van der Waals surface area contributed by atoms with Gasteiger partial charge in [0, 0.05) is 0 Å². The van der Waals surface area contributed by atoms with Gasteiger partial charge >= 0.3 is 0 Å². The Morgan fingerprint density at radius 3 is 1.10 bits per heavy atom. The van der Waals surface area contributed by atoms with E-state index in [9.17, 15) is 0 Å². The van der Waals surface area contributed by atoms with E-state index in [0.717, 1.165) is 23.7 Å². The van der Waals surface area contributed by atoms with Gasteiger partial charge in [0.25, 0.3) is 0 Å². The molecule has 20 heavy (non-hydrogen) atoms. The molecule has 0 spiro atoms. The van der Waals surface area contributed by atoms with E-state index in [1.54, 1.807) is 44.9 Å². The van der Waals surface area contributed by atoms with Crippen molar-refractivity contribution in [3.63, 3.8) is 0 Å². The Balaban J connectivity index is 1.49. The van der Waals surface area contributed by atoms with E-state index < -0.39 is 0 Å². The van der Waals surface area contributed by atoms with Crippen LogP contribution in [0, 0.1) is 23.7 Å². The van der Waals surface area contributed by atoms with Gasteiger partial charge in [-0.1, -0.05) is 83.5 Å². The van der Waals surface area contributed by atoms with Crippen LogP contribution in [-0.2, 0) is 0 Å². The first-order valence-corrected chi connectivity index (χ1v) is 9.93. The van der Waals surface area contributed by atoms with E-state index in [-0.39, 0.29) is 0 Å². The molecule has 0 radical (unpaired) electrons. The Labute approximate surface area is 127 Å². The highest BCUT2D eigenvalue weighted by molar-refractivity contribution is 4.85. The maximum absolute atomic E-state index is 1.62. The average molecular weight is 277 g/mol. The topological polar surface area (TPSA) is 0 Å². The molecule has 0 N–H and O–H groups in total. The fourth-order valence-corrected chi connectivity index (χ4v) is 5.65. The molecular formula is C20H36. The molecule has 0 nitrogen and oxygen atoms in total. The van der Waals surface area contributed by atoms with Gasteiger partial charge in [-0.3, -0.25) is 0 Å². The van der Waals surface area contributed by atoms with Gasteiger partial charge in [0.15, 0.2) is 0 Å². The maximum Gasteiger partial charge on any atom is -0.0383 e. The summed E-state index contributed by atoms with van der Waals surface area (Å²) in [7, 11) is 0. The Kier molecular flexibility index (Phi) is 5.86. The summed E-state index contributed by atoms with van der Waals surface area (Å²) < 4.78 is 0. The minimum absolute atomic E-state index is 1.11. The van der Waals surface area contributed by atoms with Crippen LogP contribution in [0.4, 0.5) is 0 Å². The van der Waals surface area contributed by atoms with E-state index in [2.05, 4.69) is 0 Å². The Morgan fingerprint density at radius 1 is 0.300 bits per heavy atom. The van der Waals surface area contributed by atoms with Crippen LogP contribution in [-0.4, -0.2) is 0 Å². The van der Waals surface area contributed by atoms with Gasteiger partial charge in [0.1, 0.15) is 0 Å². The van der Waals surface area contributed by atoms with Crippen LogP contribution in [0.5, 0.6) is 0 Å². The third-order valence-corrected chi connectivity index (χ3v) is 6.90. The lowest BCUT2D eigenvalue weighted by molar-refractivity contribution is 0.226. The summed E-state index contributed by atoms with van der Waals surface area (Å²) in [6, 6.07) is 0. The van der Waals surface area contributed by atoms with Gasteiger partial charge in [-0.15, -0.1) is 0 Å². The standard InChI is InChI=1S/C20H36/c1-2-4-7-11-17(10-6-3-1)19-14-15-20(16-19)18-12-8-5-9-13-18/h17-20H,1-16H2. The van der Waals surface area contributed by atoms with Crippen molar-refractivity contribution in [2.45, 2.75) is 103 Å². The zero-order valence-electron chi connectivity index (χ0n) is 13.6. The minimum atomic E-state index is 1.11. The maximum atomic E-state index is 1.62. The molecule has 0 saturated heterocycles. The van der Waals surface area contributed by atoms with Crippen LogP contribution in [0.2, 0.25) is 0 Å². The number of rotatable bonds is 2. The largest absolute Gasteiger partial charge is 0.0533 e. The van der Waals surface area contributed by atoms with Crippen molar-refractivity contribution in [3.05, 3.63) is 0 Å². The molecule has 0 aromatic heterocycles. The summed E-state index contributed by atoms with van der Waals surface area (Å²) in [5, 5.41) is 0. The predicted molar refractivity (Wildman–Crippen MR) is 87.8 cm³/mol. The second kappa shape index (κ2) is 7.85. The number of hydrogen-bond donors (Lipinski definition) is 0. The Hall–Kier alpha value is 0. The van der Waals surface area contributed by atoms with Gasteiger partial charge in [0.05, 0.1) is 0 Å². The SMILES string of the molecule is C1CCCCC(C2CCC(C3CCCCC3)C2)CCC1. The first-order valence-electron chi connectivity index (χ1n) is 9.93. The van der Waals surface area contributed by atoms with Gasteiger partial charge in [0.2, 0.25) is 0 Å². The lowest BCUT2D eigenvalue weighted by Gasteiger charge is -2.29. The van der Waals surface area contributed by atoms with E-state index in [0.29, 0.717) is 0 Å². The highest BCUT2D eigenvalue weighted by Crippen LogP contribution is 2.46. The van der Waals surface area contributed by atoms with Crippen molar-refractivity contribution in [2.75, 3.05) is 0 Å². The van der Waals surface area contributed by atoms with Crippen LogP contribution >= 0.6 is 0 Å². The summed E-state index contributed by atoms with van der Waals surface area (Å²) in [5.41, 5.74) is 0. The zero-order chi connectivity index (χ0) is 13.6. The van der Waals surface area contributed by atoms with Crippen LogP contribution in [0.25, 0.3) is 0 Å². The molecule has 3 fully saturated rings. The molecule has 3 aliphatic rings. The second-order valence-electron chi connectivity index (χ2n) is 8.19. The minimum Gasteiger partial charge on any atom is -0.0533 e. The van der Waals surface area contributed by atoms with E-state index in [4.69, 9.17) is 0 Å². The quantitative estimate of drug-likeness (QED) is 0.524. The molecule has 116 valence electrons. The first kappa shape index (κ1) is 14.9.